The zero-order valence-corrected chi connectivity index (χ0v) is 8.50. The summed E-state index contributed by atoms with van der Waals surface area (Å²) in [6, 6.07) is 7.65. The third-order valence-corrected chi connectivity index (χ3v) is 1.86. The van der Waals surface area contributed by atoms with Crippen molar-refractivity contribution in [3.8, 4) is 5.75 Å². The highest BCUT2D eigenvalue weighted by atomic mass is 79.9. The normalized spacial score (nSPS) is 9.83. The lowest BCUT2D eigenvalue weighted by Crippen LogP contribution is -2.01. The quantitative estimate of drug-likeness (QED) is 0.586. The molecule has 0 unspecified atom stereocenters. The summed E-state index contributed by atoms with van der Waals surface area (Å²) in [7, 11) is 0. The van der Waals surface area contributed by atoms with E-state index in [2.05, 4.69) is 15.9 Å². The predicted octanol–water partition coefficient (Wildman–Crippen LogP) is 2.82. The summed E-state index contributed by atoms with van der Waals surface area (Å²) in [6.45, 7) is 2.93. The van der Waals surface area contributed by atoms with E-state index < -0.39 is 0 Å². The first-order valence-electron chi connectivity index (χ1n) is 3.79. The van der Waals surface area contributed by atoms with Crippen LogP contribution in [0.15, 0.2) is 28.7 Å². The van der Waals surface area contributed by atoms with E-state index >= 15 is 0 Å². The summed E-state index contributed by atoms with van der Waals surface area (Å²) >= 11 is 3.34. The monoisotopic (exact) mass is 230 g/mol. The third kappa shape index (κ3) is 3.24. The Morgan fingerprint density at radius 2 is 1.92 bits per heavy atom. The molecule has 3 heteroatoms. The number of hydrogen-bond acceptors (Lipinski definition) is 2. The van der Waals surface area contributed by atoms with E-state index in [0.717, 1.165) is 10.2 Å². The Kier molecular flexibility index (Phi) is 4.11. The minimum atomic E-state index is 0.318. The predicted molar refractivity (Wildman–Crippen MR) is 51.3 cm³/mol. The van der Waals surface area contributed by atoms with Crippen LogP contribution in [0.1, 0.15) is 6.92 Å². The molecule has 0 aliphatic carbocycles. The van der Waals surface area contributed by atoms with Crippen molar-refractivity contribution in [2.24, 2.45) is 0 Å². The van der Waals surface area contributed by atoms with Crippen molar-refractivity contribution >= 4 is 15.9 Å². The van der Waals surface area contributed by atoms with Gasteiger partial charge in [0, 0.05) is 11.1 Å². The fourth-order valence-electron chi connectivity index (χ4n) is 0.724. The summed E-state index contributed by atoms with van der Waals surface area (Å²) in [5.41, 5.74) is 0. The van der Waals surface area contributed by atoms with Crippen LogP contribution < -0.4 is 4.74 Å². The lowest BCUT2D eigenvalue weighted by Gasteiger charge is -2.04. The van der Waals surface area contributed by atoms with Crippen LogP contribution in [0.2, 0.25) is 0 Å². The Bertz CT molecular complexity index is 220. The Morgan fingerprint density at radius 3 is 2.50 bits per heavy atom. The van der Waals surface area contributed by atoms with Crippen molar-refractivity contribution in [2.75, 3.05) is 13.4 Å². The number of ether oxygens (including phenoxy) is 2. The molecule has 1 rings (SSSR count). The van der Waals surface area contributed by atoms with Gasteiger partial charge >= 0.3 is 0 Å². The smallest absolute Gasteiger partial charge is 0.189 e. The largest absolute Gasteiger partial charge is 0.468 e. The Balaban J connectivity index is 2.37. The van der Waals surface area contributed by atoms with Crippen LogP contribution >= 0.6 is 15.9 Å². The van der Waals surface area contributed by atoms with Crippen LogP contribution in [-0.2, 0) is 4.74 Å². The fourth-order valence-corrected chi connectivity index (χ4v) is 0.988. The Hall–Kier alpha value is -0.540. The molecular formula is C9H11BrO2. The first kappa shape index (κ1) is 9.55. The molecule has 66 valence electrons. The van der Waals surface area contributed by atoms with Crippen molar-refractivity contribution in [1.29, 1.82) is 0 Å². The molecule has 0 spiro atoms. The minimum absolute atomic E-state index is 0.318. The molecule has 0 amide bonds. The van der Waals surface area contributed by atoms with Crippen molar-refractivity contribution in [2.45, 2.75) is 6.92 Å². The number of benzene rings is 1. The van der Waals surface area contributed by atoms with E-state index in [0.29, 0.717) is 13.4 Å². The van der Waals surface area contributed by atoms with Gasteiger partial charge in [0.15, 0.2) is 6.79 Å². The van der Waals surface area contributed by atoms with Crippen LogP contribution in [0.5, 0.6) is 5.75 Å². The zero-order chi connectivity index (χ0) is 8.81. The van der Waals surface area contributed by atoms with E-state index in [9.17, 15) is 0 Å². The molecule has 0 bridgehead atoms. The number of halogens is 1. The van der Waals surface area contributed by atoms with Gasteiger partial charge in [-0.05, 0) is 31.2 Å². The van der Waals surface area contributed by atoms with E-state index in [1.54, 1.807) is 0 Å². The van der Waals surface area contributed by atoms with Crippen molar-refractivity contribution in [3.63, 3.8) is 0 Å². The van der Waals surface area contributed by atoms with Gasteiger partial charge in [0.1, 0.15) is 5.75 Å². The summed E-state index contributed by atoms with van der Waals surface area (Å²) < 4.78 is 11.3. The molecule has 0 N–H and O–H groups in total. The molecule has 0 aromatic heterocycles. The molecule has 0 aliphatic heterocycles. The summed E-state index contributed by atoms with van der Waals surface area (Å²) in [4.78, 5) is 0. The first-order valence-corrected chi connectivity index (χ1v) is 4.58. The second-order valence-electron chi connectivity index (χ2n) is 2.21. The van der Waals surface area contributed by atoms with Gasteiger partial charge in [-0.15, -0.1) is 0 Å². The SMILES string of the molecule is CCOCOc1ccc(Br)cc1. The van der Waals surface area contributed by atoms with Gasteiger partial charge < -0.3 is 9.47 Å². The second-order valence-corrected chi connectivity index (χ2v) is 3.12. The van der Waals surface area contributed by atoms with E-state index in [-0.39, 0.29) is 0 Å². The molecule has 0 fully saturated rings. The fraction of sp³-hybridized carbons (Fsp3) is 0.333. The zero-order valence-electron chi connectivity index (χ0n) is 6.92. The Labute approximate surface area is 80.6 Å². The lowest BCUT2D eigenvalue weighted by molar-refractivity contribution is 0.0224. The molecule has 2 nitrogen and oxygen atoms in total. The summed E-state index contributed by atoms with van der Waals surface area (Å²) in [5.74, 6) is 0.826. The molecule has 12 heavy (non-hydrogen) atoms. The molecule has 1 aromatic rings. The molecule has 1 aromatic carbocycles. The van der Waals surface area contributed by atoms with Crippen molar-refractivity contribution in [3.05, 3.63) is 28.7 Å². The van der Waals surface area contributed by atoms with Crippen LogP contribution in [-0.4, -0.2) is 13.4 Å². The second kappa shape index (κ2) is 5.17. The van der Waals surface area contributed by atoms with Gasteiger partial charge in [-0.3, -0.25) is 0 Å². The lowest BCUT2D eigenvalue weighted by atomic mass is 10.3. The van der Waals surface area contributed by atoms with Crippen molar-refractivity contribution < 1.29 is 9.47 Å². The Morgan fingerprint density at radius 1 is 1.25 bits per heavy atom. The van der Waals surface area contributed by atoms with Crippen LogP contribution in [0.4, 0.5) is 0 Å². The topological polar surface area (TPSA) is 18.5 Å². The average Bonchev–Trinajstić information content (AvgIpc) is 2.09. The highest BCUT2D eigenvalue weighted by Crippen LogP contribution is 2.15. The third-order valence-electron chi connectivity index (χ3n) is 1.33. The van der Waals surface area contributed by atoms with Gasteiger partial charge in [-0.2, -0.15) is 0 Å². The maximum Gasteiger partial charge on any atom is 0.189 e. The van der Waals surface area contributed by atoms with Gasteiger partial charge in [0.05, 0.1) is 0 Å². The van der Waals surface area contributed by atoms with Gasteiger partial charge in [0.25, 0.3) is 0 Å². The maximum atomic E-state index is 5.26. The molecule has 0 atom stereocenters. The standard InChI is InChI=1S/C9H11BrO2/c1-2-11-7-12-9-5-3-8(10)4-6-9/h3-6H,2,7H2,1H3. The summed E-state index contributed by atoms with van der Waals surface area (Å²) in [6.07, 6.45) is 0. The van der Waals surface area contributed by atoms with E-state index in [4.69, 9.17) is 9.47 Å². The number of rotatable bonds is 4. The minimum Gasteiger partial charge on any atom is -0.468 e. The molecule has 0 saturated heterocycles. The van der Waals surface area contributed by atoms with E-state index in [1.807, 2.05) is 31.2 Å². The van der Waals surface area contributed by atoms with Gasteiger partial charge in [-0.1, -0.05) is 15.9 Å². The molecule has 0 aliphatic rings. The van der Waals surface area contributed by atoms with Gasteiger partial charge in [0.2, 0.25) is 0 Å². The molecule has 0 radical (unpaired) electrons. The number of hydrogen-bond donors (Lipinski definition) is 0. The van der Waals surface area contributed by atoms with E-state index in [1.165, 1.54) is 0 Å². The summed E-state index contributed by atoms with van der Waals surface area (Å²) in [5, 5.41) is 0. The van der Waals surface area contributed by atoms with Crippen LogP contribution in [0, 0.1) is 0 Å². The van der Waals surface area contributed by atoms with Gasteiger partial charge in [-0.25, -0.2) is 0 Å². The molecule has 0 heterocycles. The molecular weight excluding hydrogens is 220 g/mol. The van der Waals surface area contributed by atoms with Crippen LogP contribution in [0.3, 0.4) is 0 Å². The average molecular weight is 231 g/mol. The highest BCUT2D eigenvalue weighted by Gasteiger charge is 1.91. The van der Waals surface area contributed by atoms with Crippen LogP contribution in [0.25, 0.3) is 0 Å². The molecule has 0 saturated carbocycles. The van der Waals surface area contributed by atoms with Crippen molar-refractivity contribution in [1.82, 2.24) is 0 Å². The highest BCUT2D eigenvalue weighted by molar-refractivity contribution is 9.10. The first-order chi connectivity index (χ1) is 5.83. The maximum absolute atomic E-state index is 5.26.